The van der Waals surface area contributed by atoms with Gasteiger partial charge in [0.15, 0.2) is 0 Å². The van der Waals surface area contributed by atoms with Crippen LogP contribution >= 0.6 is 0 Å². The summed E-state index contributed by atoms with van der Waals surface area (Å²) < 4.78 is 6.05. The molecule has 0 aromatic carbocycles. The fourth-order valence-corrected chi connectivity index (χ4v) is 3.67. The summed E-state index contributed by atoms with van der Waals surface area (Å²) in [7, 11) is 0. The van der Waals surface area contributed by atoms with E-state index in [9.17, 15) is 0 Å². The van der Waals surface area contributed by atoms with E-state index in [-0.39, 0.29) is 0 Å². The monoisotopic (exact) mass is 267 g/mol. The second-order valence-electron chi connectivity index (χ2n) is 7.83. The predicted octanol–water partition coefficient (Wildman–Crippen LogP) is 3.99. The van der Waals surface area contributed by atoms with Gasteiger partial charge in [0.2, 0.25) is 0 Å². The van der Waals surface area contributed by atoms with E-state index in [1.165, 1.54) is 32.1 Å². The minimum Gasteiger partial charge on any atom is -0.377 e. The number of nitrogens with one attached hydrogen (secondary N) is 1. The Morgan fingerprint density at radius 2 is 1.79 bits per heavy atom. The SMILES string of the molecule is CC(C)COC1CC(NC(C)C2CCCC2)C1(C)C. The molecule has 0 aliphatic heterocycles. The van der Waals surface area contributed by atoms with Gasteiger partial charge in [-0.25, -0.2) is 0 Å². The Hall–Kier alpha value is -0.0800. The smallest absolute Gasteiger partial charge is 0.0656 e. The highest BCUT2D eigenvalue weighted by Gasteiger charge is 2.49. The third-order valence-corrected chi connectivity index (χ3v) is 5.38. The Labute approximate surface area is 119 Å². The Kier molecular flexibility index (Phi) is 4.94. The molecule has 0 bridgehead atoms. The van der Waals surface area contributed by atoms with Gasteiger partial charge in [0.1, 0.15) is 0 Å². The van der Waals surface area contributed by atoms with E-state index in [1.54, 1.807) is 0 Å². The second-order valence-corrected chi connectivity index (χ2v) is 7.83. The van der Waals surface area contributed by atoms with Crippen molar-refractivity contribution in [3.8, 4) is 0 Å². The van der Waals surface area contributed by atoms with Gasteiger partial charge < -0.3 is 10.1 Å². The van der Waals surface area contributed by atoms with Crippen LogP contribution in [0.1, 0.15) is 66.7 Å². The lowest BCUT2D eigenvalue weighted by molar-refractivity contribution is -0.126. The molecule has 2 aliphatic carbocycles. The molecule has 2 nitrogen and oxygen atoms in total. The van der Waals surface area contributed by atoms with Gasteiger partial charge in [-0.1, -0.05) is 40.5 Å². The first-order valence-corrected chi connectivity index (χ1v) is 8.29. The van der Waals surface area contributed by atoms with Crippen molar-refractivity contribution in [2.45, 2.75) is 84.9 Å². The summed E-state index contributed by atoms with van der Waals surface area (Å²) in [6, 6.07) is 1.32. The molecular formula is C17H33NO. The molecular weight excluding hydrogens is 234 g/mol. The molecule has 1 N–H and O–H groups in total. The van der Waals surface area contributed by atoms with Crippen molar-refractivity contribution >= 4 is 0 Å². The molecule has 3 unspecified atom stereocenters. The molecule has 0 aromatic heterocycles. The van der Waals surface area contributed by atoms with Gasteiger partial charge in [-0.15, -0.1) is 0 Å². The zero-order valence-electron chi connectivity index (χ0n) is 13.5. The molecule has 0 spiro atoms. The van der Waals surface area contributed by atoms with Crippen LogP contribution in [0.5, 0.6) is 0 Å². The van der Waals surface area contributed by atoms with E-state index >= 15 is 0 Å². The summed E-state index contributed by atoms with van der Waals surface area (Å²) in [5.74, 6) is 1.55. The van der Waals surface area contributed by atoms with Crippen LogP contribution < -0.4 is 5.32 Å². The maximum absolute atomic E-state index is 6.05. The molecule has 2 saturated carbocycles. The molecule has 2 heteroatoms. The Morgan fingerprint density at radius 3 is 2.32 bits per heavy atom. The number of hydrogen-bond donors (Lipinski definition) is 1. The van der Waals surface area contributed by atoms with Crippen molar-refractivity contribution in [3.05, 3.63) is 0 Å². The Balaban J connectivity index is 1.76. The molecule has 0 amide bonds. The molecule has 112 valence electrons. The van der Waals surface area contributed by atoms with E-state index in [1.807, 2.05) is 0 Å². The van der Waals surface area contributed by atoms with Gasteiger partial charge in [0.25, 0.3) is 0 Å². The Morgan fingerprint density at radius 1 is 1.16 bits per heavy atom. The lowest BCUT2D eigenvalue weighted by Gasteiger charge is -2.53. The Bertz CT molecular complexity index is 281. The number of ether oxygens (including phenoxy) is 1. The molecule has 2 fully saturated rings. The van der Waals surface area contributed by atoms with Crippen LogP contribution in [0, 0.1) is 17.3 Å². The molecule has 0 radical (unpaired) electrons. The lowest BCUT2D eigenvalue weighted by atomic mass is 9.64. The minimum absolute atomic E-state index is 0.293. The average molecular weight is 267 g/mol. The van der Waals surface area contributed by atoms with Crippen LogP contribution in [-0.2, 0) is 4.74 Å². The standard InChI is InChI=1S/C17H33NO/c1-12(2)11-19-16-10-15(17(16,4)5)18-13(3)14-8-6-7-9-14/h12-16,18H,6-11H2,1-5H3. The van der Waals surface area contributed by atoms with Crippen molar-refractivity contribution in [2.75, 3.05) is 6.61 Å². The normalized spacial score (nSPS) is 32.5. The van der Waals surface area contributed by atoms with Gasteiger partial charge >= 0.3 is 0 Å². The van der Waals surface area contributed by atoms with E-state index in [0.29, 0.717) is 29.5 Å². The maximum Gasteiger partial charge on any atom is 0.0656 e. The zero-order chi connectivity index (χ0) is 14.0. The predicted molar refractivity (Wildman–Crippen MR) is 81.3 cm³/mol. The third kappa shape index (κ3) is 3.52. The lowest BCUT2D eigenvalue weighted by Crippen LogP contribution is -2.63. The van der Waals surface area contributed by atoms with Crippen LogP contribution in [0.4, 0.5) is 0 Å². The quantitative estimate of drug-likeness (QED) is 0.785. The summed E-state index contributed by atoms with van der Waals surface area (Å²) >= 11 is 0. The van der Waals surface area contributed by atoms with Crippen LogP contribution in [0.15, 0.2) is 0 Å². The summed E-state index contributed by atoms with van der Waals surface area (Å²) in [5.41, 5.74) is 0.293. The molecule has 2 rings (SSSR count). The summed E-state index contributed by atoms with van der Waals surface area (Å²) in [6.07, 6.45) is 7.36. The number of hydrogen-bond acceptors (Lipinski definition) is 2. The highest BCUT2D eigenvalue weighted by Crippen LogP contribution is 2.43. The average Bonchev–Trinajstić information content (AvgIpc) is 2.85. The zero-order valence-corrected chi connectivity index (χ0v) is 13.5. The van der Waals surface area contributed by atoms with E-state index in [2.05, 4.69) is 39.9 Å². The van der Waals surface area contributed by atoms with Gasteiger partial charge in [0, 0.05) is 24.1 Å². The van der Waals surface area contributed by atoms with Gasteiger partial charge in [-0.3, -0.25) is 0 Å². The summed E-state index contributed by atoms with van der Waals surface area (Å²) in [4.78, 5) is 0. The van der Waals surface area contributed by atoms with Gasteiger partial charge in [-0.2, -0.15) is 0 Å². The van der Waals surface area contributed by atoms with Crippen LogP contribution in [0.3, 0.4) is 0 Å². The molecule has 19 heavy (non-hydrogen) atoms. The van der Waals surface area contributed by atoms with Crippen molar-refractivity contribution in [3.63, 3.8) is 0 Å². The fourth-order valence-electron chi connectivity index (χ4n) is 3.67. The van der Waals surface area contributed by atoms with Crippen LogP contribution in [0.25, 0.3) is 0 Å². The summed E-state index contributed by atoms with van der Waals surface area (Å²) in [5, 5.41) is 3.89. The van der Waals surface area contributed by atoms with E-state index in [4.69, 9.17) is 4.74 Å². The second kappa shape index (κ2) is 6.13. The van der Waals surface area contributed by atoms with Crippen molar-refractivity contribution in [2.24, 2.45) is 17.3 Å². The van der Waals surface area contributed by atoms with Crippen molar-refractivity contribution in [1.82, 2.24) is 5.32 Å². The molecule has 2 aliphatic rings. The first-order valence-electron chi connectivity index (χ1n) is 8.29. The first kappa shape index (κ1) is 15.3. The van der Waals surface area contributed by atoms with Crippen molar-refractivity contribution < 1.29 is 4.74 Å². The highest BCUT2D eigenvalue weighted by molar-refractivity contribution is 5.04. The minimum atomic E-state index is 0.293. The highest BCUT2D eigenvalue weighted by atomic mass is 16.5. The van der Waals surface area contributed by atoms with Gasteiger partial charge in [0.05, 0.1) is 6.10 Å². The molecule has 0 saturated heterocycles. The summed E-state index contributed by atoms with van der Waals surface area (Å²) in [6.45, 7) is 12.5. The first-order chi connectivity index (χ1) is 8.91. The van der Waals surface area contributed by atoms with Crippen LogP contribution in [-0.4, -0.2) is 24.8 Å². The van der Waals surface area contributed by atoms with Gasteiger partial charge in [-0.05, 0) is 38.0 Å². The third-order valence-electron chi connectivity index (χ3n) is 5.38. The van der Waals surface area contributed by atoms with E-state index < -0.39 is 0 Å². The fraction of sp³-hybridized carbons (Fsp3) is 1.00. The van der Waals surface area contributed by atoms with E-state index in [0.717, 1.165) is 12.5 Å². The molecule has 0 aromatic rings. The largest absolute Gasteiger partial charge is 0.377 e. The van der Waals surface area contributed by atoms with Crippen molar-refractivity contribution in [1.29, 1.82) is 0 Å². The van der Waals surface area contributed by atoms with Crippen LogP contribution in [0.2, 0.25) is 0 Å². The molecule has 3 atom stereocenters. The number of rotatable bonds is 6. The topological polar surface area (TPSA) is 21.3 Å². The maximum atomic E-state index is 6.05. The molecule has 0 heterocycles.